The lowest BCUT2D eigenvalue weighted by molar-refractivity contribution is -0.141. The van der Waals surface area contributed by atoms with Crippen molar-refractivity contribution in [2.75, 3.05) is 6.54 Å². The van der Waals surface area contributed by atoms with Gasteiger partial charge in [-0.15, -0.1) is 0 Å². The van der Waals surface area contributed by atoms with E-state index in [-0.39, 0.29) is 11.6 Å². The first-order valence-corrected chi connectivity index (χ1v) is 9.79. The third-order valence-electron chi connectivity index (χ3n) is 5.20. The molecule has 0 fully saturated rings. The molecule has 0 saturated heterocycles. The molecule has 5 nitrogen and oxygen atoms in total. The van der Waals surface area contributed by atoms with Crippen LogP contribution in [-0.4, -0.2) is 26.3 Å². The standard InChI is InChI=1S/C22H22F3N5/c1-15(26-12-4-5-17-13-28-29-21(17)22(23,24)25)16-8-10-18(11-9-16)30-14-27-19-6-2-3-7-20(19)30/h2-3,6-11,13-15,26H,4-5,12H2,1H3,(H,28,29). The van der Waals surface area contributed by atoms with Gasteiger partial charge in [0.2, 0.25) is 0 Å². The van der Waals surface area contributed by atoms with Crippen molar-refractivity contribution < 1.29 is 13.2 Å². The second-order valence-electron chi connectivity index (χ2n) is 7.24. The Kier molecular flexibility index (Phi) is 5.59. The summed E-state index contributed by atoms with van der Waals surface area (Å²) in [6.45, 7) is 2.65. The van der Waals surface area contributed by atoms with Gasteiger partial charge in [-0.2, -0.15) is 18.3 Å². The smallest absolute Gasteiger partial charge is 0.310 e. The van der Waals surface area contributed by atoms with Crippen LogP contribution in [0.15, 0.2) is 61.1 Å². The van der Waals surface area contributed by atoms with Crippen LogP contribution in [0.25, 0.3) is 16.7 Å². The van der Waals surface area contributed by atoms with E-state index in [9.17, 15) is 13.2 Å². The molecule has 2 aromatic carbocycles. The maximum Gasteiger partial charge on any atom is 0.433 e. The number of alkyl halides is 3. The molecule has 2 heterocycles. The van der Waals surface area contributed by atoms with Gasteiger partial charge < -0.3 is 5.32 Å². The topological polar surface area (TPSA) is 58.5 Å². The lowest BCUT2D eigenvalue weighted by atomic mass is 10.1. The summed E-state index contributed by atoms with van der Waals surface area (Å²) in [5, 5.41) is 8.95. The van der Waals surface area contributed by atoms with Gasteiger partial charge in [-0.1, -0.05) is 24.3 Å². The van der Waals surface area contributed by atoms with Gasteiger partial charge >= 0.3 is 6.18 Å². The van der Waals surface area contributed by atoms with Crippen molar-refractivity contribution in [3.8, 4) is 5.69 Å². The molecule has 0 saturated carbocycles. The number of aromatic amines is 1. The molecule has 2 N–H and O–H groups in total. The Hall–Kier alpha value is -3.13. The Bertz CT molecular complexity index is 1110. The fourth-order valence-corrected chi connectivity index (χ4v) is 3.55. The maximum atomic E-state index is 12.9. The molecule has 1 unspecified atom stereocenters. The number of nitrogens with zero attached hydrogens (tertiary/aromatic N) is 3. The molecule has 0 amide bonds. The highest BCUT2D eigenvalue weighted by molar-refractivity contribution is 5.77. The van der Waals surface area contributed by atoms with Crippen LogP contribution in [0.4, 0.5) is 13.2 Å². The predicted molar refractivity (Wildman–Crippen MR) is 109 cm³/mol. The van der Waals surface area contributed by atoms with Crippen LogP contribution in [0.2, 0.25) is 0 Å². The fourth-order valence-electron chi connectivity index (χ4n) is 3.55. The van der Waals surface area contributed by atoms with Crippen molar-refractivity contribution in [1.29, 1.82) is 0 Å². The molecular formula is C22H22F3N5. The Labute approximate surface area is 171 Å². The summed E-state index contributed by atoms with van der Waals surface area (Å²) in [5.74, 6) is 0. The Morgan fingerprint density at radius 3 is 2.63 bits per heavy atom. The minimum Gasteiger partial charge on any atom is -0.310 e. The first kappa shape index (κ1) is 20.2. The molecule has 2 aromatic heterocycles. The van der Waals surface area contributed by atoms with Crippen molar-refractivity contribution in [3.05, 3.63) is 77.9 Å². The molecule has 156 valence electrons. The summed E-state index contributed by atoms with van der Waals surface area (Å²) in [4.78, 5) is 4.42. The molecule has 0 aliphatic rings. The molecule has 0 radical (unpaired) electrons. The van der Waals surface area contributed by atoms with E-state index in [4.69, 9.17) is 0 Å². The molecule has 30 heavy (non-hydrogen) atoms. The highest BCUT2D eigenvalue weighted by Gasteiger charge is 2.35. The lowest BCUT2D eigenvalue weighted by Gasteiger charge is -2.15. The number of aryl methyl sites for hydroxylation is 1. The quantitative estimate of drug-likeness (QED) is 0.417. The van der Waals surface area contributed by atoms with Gasteiger partial charge in [0.15, 0.2) is 0 Å². The summed E-state index contributed by atoms with van der Waals surface area (Å²) in [6.07, 6.45) is -0.421. The van der Waals surface area contributed by atoms with Crippen LogP contribution in [0.1, 0.15) is 36.2 Å². The van der Waals surface area contributed by atoms with Crippen molar-refractivity contribution >= 4 is 11.0 Å². The van der Waals surface area contributed by atoms with Gasteiger partial charge in [-0.25, -0.2) is 4.98 Å². The zero-order valence-electron chi connectivity index (χ0n) is 16.4. The SMILES string of the molecule is CC(NCCCc1cn[nH]c1C(F)(F)F)c1ccc(-n2cnc3ccccc32)cc1. The average molecular weight is 413 g/mol. The van der Waals surface area contributed by atoms with Crippen molar-refractivity contribution in [2.45, 2.75) is 32.0 Å². The Morgan fingerprint density at radius 1 is 1.10 bits per heavy atom. The van der Waals surface area contributed by atoms with Crippen molar-refractivity contribution in [2.24, 2.45) is 0 Å². The largest absolute Gasteiger partial charge is 0.433 e. The Morgan fingerprint density at radius 2 is 1.87 bits per heavy atom. The number of rotatable bonds is 7. The zero-order chi connectivity index (χ0) is 21.1. The number of hydrogen-bond donors (Lipinski definition) is 2. The van der Waals surface area contributed by atoms with Crippen LogP contribution < -0.4 is 5.32 Å². The molecule has 4 aromatic rings. The predicted octanol–water partition coefficient (Wildman–Crippen LogP) is 5.05. The van der Waals surface area contributed by atoms with Crippen molar-refractivity contribution in [1.82, 2.24) is 25.1 Å². The third-order valence-corrected chi connectivity index (χ3v) is 5.20. The number of H-pyrrole nitrogens is 1. The average Bonchev–Trinajstić information content (AvgIpc) is 3.38. The second kappa shape index (κ2) is 8.31. The fraction of sp³-hybridized carbons (Fsp3) is 0.273. The lowest BCUT2D eigenvalue weighted by Crippen LogP contribution is -2.20. The van der Waals surface area contributed by atoms with E-state index in [1.165, 1.54) is 6.20 Å². The summed E-state index contributed by atoms with van der Waals surface area (Å²) in [6, 6.07) is 16.3. The Balaban J connectivity index is 1.33. The van der Waals surface area contributed by atoms with Crippen LogP contribution in [0.3, 0.4) is 0 Å². The van der Waals surface area contributed by atoms with Gasteiger partial charge in [-0.3, -0.25) is 9.67 Å². The number of hydrogen-bond acceptors (Lipinski definition) is 3. The van der Waals surface area contributed by atoms with Gasteiger partial charge in [0.25, 0.3) is 0 Å². The first-order chi connectivity index (χ1) is 14.4. The number of aromatic nitrogens is 4. The highest BCUT2D eigenvalue weighted by atomic mass is 19.4. The zero-order valence-corrected chi connectivity index (χ0v) is 16.4. The summed E-state index contributed by atoms with van der Waals surface area (Å²) < 4.78 is 40.6. The van der Waals surface area contributed by atoms with E-state index in [0.29, 0.717) is 19.4 Å². The minimum absolute atomic E-state index is 0.0880. The molecule has 4 rings (SSSR count). The number of halogens is 3. The second-order valence-corrected chi connectivity index (χ2v) is 7.24. The third kappa shape index (κ3) is 4.23. The number of imidazole rings is 1. The van der Waals surface area contributed by atoms with E-state index in [0.717, 1.165) is 22.3 Å². The summed E-state index contributed by atoms with van der Waals surface area (Å²) in [7, 11) is 0. The minimum atomic E-state index is -4.39. The molecule has 0 aliphatic carbocycles. The summed E-state index contributed by atoms with van der Waals surface area (Å²) >= 11 is 0. The highest BCUT2D eigenvalue weighted by Crippen LogP contribution is 2.30. The monoisotopic (exact) mass is 413 g/mol. The van der Waals surface area contributed by atoms with E-state index < -0.39 is 11.9 Å². The molecular weight excluding hydrogens is 391 g/mol. The van der Waals surface area contributed by atoms with E-state index in [2.05, 4.69) is 27.5 Å². The van der Waals surface area contributed by atoms with E-state index in [1.807, 2.05) is 59.3 Å². The molecule has 0 bridgehead atoms. The van der Waals surface area contributed by atoms with Crippen LogP contribution in [0, 0.1) is 0 Å². The summed E-state index contributed by atoms with van der Waals surface area (Å²) in [5.41, 5.74) is 3.59. The van der Waals surface area contributed by atoms with Crippen molar-refractivity contribution in [3.63, 3.8) is 0 Å². The maximum absolute atomic E-state index is 12.9. The van der Waals surface area contributed by atoms with Gasteiger partial charge in [-0.05, 0) is 56.1 Å². The van der Waals surface area contributed by atoms with Gasteiger partial charge in [0.1, 0.15) is 12.0 Å². The number of para-hydroxylation sites is 2. The van der Waals surface area contributed by atoms with Gasteiger partial charge in [0.05, 0.1) is 17.2 Å². The number of nitrogens with one attached hydrogen (secondary N) is 2. The van der Waals surface area contributed by atoms with E-state index >= 15 is 0 Å². The normalized spacial score (nSPS) is 13.1. The molecule has 1 atom stereocenters. The van der Waals surface area contributed by atoms with Gasteiger partial charge in [0, 0.05) is 17.3 Å². The van der Waals surface area contributed by atoms with Crippen LogP contribution >= 0.6 is 0 Å². The molecule has 0 spiro atoms. The number of benzene rings is 2. The van der Waals surface area contributed by atoms with E-state index in [1.54, 1.807) is 0 Å². The van der Waals surface area contributed by atoms with Crippen LogP contribution in [0.5, 0.6) is 0 Å². The first-order valence-electron chi connectivity index (χ1n) is 9.79. The molecule has 8 heteroatoms. The number of fused-ring (bicyclic) bond motifs is 1. The molecule has 0 aliphatic heterocycles. The van der Waals surface area contributed by atoms with Crippen LogP contribution in [-0.2, 0) is 12.6 Å².